The molecular weight excluding hydrogens is 178 g/mol. The molecule has 0 aromatic carbocycles. The van der Waals surface area contributed by atoms with Crippen LogP contribution in [-0.2, 0) is 9.53 Å². The van der Waals surface area contributed by atoms with Gasteiger partial charge in [0.1, 0.15) is 6.10 Å². The molecular formula is C7H11NO5. The fourth-order valence-corrected chi connectivity index (χ4v) is 1.46. The Hall–Kier alpha value is -1.17. The molecule has 0 spiro atoms. The molecule has 3 atom stereocenters. The Morgan fingerprint density at radius 3 is 2.77 bits per heavy atom. The summed E-state index contributed by atoms with van der Waals surface area (Å²) in [6, 6.07) is 0. The predicted octanol–water partition coefficient (Wildman–Crippen LogP) is -0.567. The maximum absolute atomic E-state index is 11.0. The van der Waals surface area contributed by atoms with Crippen molar-refractivity contribution < 1.29 is 19.6 Å². The summed E-state index contributed by atoms with van der Waals surface area (Å²) in [6.07, 6.45) is -0.715. The van der Waals surface area contributed by atoms with Crippen LogP contribution in [0.1, 0.15) is 6.92 Å². The molecule has 0 radical (unpaired) electrons. The van der Waals surface area contributed by atoms with Gasteiger partial charge in [-0.1, -0.05) is 6.92 Å². The van der Waals surface area contributed by atoms with Gasteiger partial charge in [0.05, 0.1) is 18.4 Å². The fraction of sp³-hybridized carbons (Fsp3) is 0.857. The molecule has 1 fully saturated rings. The first-order valence-electron chi connectivity index (χ1n) is 3.99. The van der Waals surface area contributed by atoms with Crippen LogP contribution in [0.2, 0.25) is 0 Å². The Labute approximate surface area is 74.6 Å². The van der Waals surface area contributed by atoms with Crippen molar-refractivity contribution in [2.24, 2.45) is 11.8 Å². The fourth-order valence-electron chi connectivity index (χ4n) is 1.46. The first-order valence-corrected chi connectivity index (χ1v) is 3.99. The maximum atomic E-state index is 11.0. The molecule has 0 aromatic heterocycles. The second-order valence-corrected chi connectivity index (χ2v) is 3.13. The highest BCUT2D eigenvalue weighted by atomic mass is 16.6. The van der Waals surface area contributed by atoms with Crippen LogP contribution < -0.4 is 0 Å². The third-order valence-corrected chi connectivity index (χ3v) is 2.30. The van der Waals surface area contributed by atoms with Gasteiger partial charge in [-0.25, -0.2) is 0 Å². The standard InChI is InChI=1S/C7H11NO5/c1-4-5(2-8(11)12)6(3-9)13-7(4)10/h4-6,9H,2-3H2,1H3/t4-,5+,6+/m0/s1. The van der Waals surface area contributed by atoms with E-state index in [9.17, 15) is 14.9 Å². The highest BCUT2D eigenvalue weighted by Crippen LogP contribution is 2.27. The van der Waals surface area contributed by atoms with E-state index in [1.165, 1.54) is 0 Å². The number of cyclic esters (lactones) is 1. The summed E-state index contributed by atoms with van der Waals surface area (Å²) in [5.41, 5.74) is 0. The molecule has 13 heavy (non-hydrogen) atoms. The number of aliphatic hydroxyl groups is 1. The number of hydrogen-bond acceptors (Lipinski definition) is 5. The molecule has 0 unspecified atom stereocenters. The topological polar surface area (TPSA) is 89.7 Å². The van der Waals surface area contributed by atoms with Crippen LogP contribution in [0.3, 0.4) is 0 Å². The predicted molar refractivity (Wildman–Crippen MR) is 41.5 cm³/mol. The number of aliphatic hydroxyl groups excluding tert-OH is 1. The van der Waals surface area contributed by atoms with Crippen LogP contribution >= 0.6 is 0 Å². The number of nitrogens with zero attached hydrogens (tertiary/aromatic N) is 1. The van der Waals surface area contributed by atoms with Crippen molar-refractivity contribution in [2.45, 2.75) is 13.0 Å². The number of nitro groups is 1. The van der Waals surface area contributed by atoms with Gasteiger partial charge in [0, 0.05) is 4.92 Å². The number of hydrogen-bond donors (Lipinski definition) is 1. The van der Waals surface area contributed by atoms with E-state index >= 15 is 0 Å². The normalized spacial score (nSPS) is 33.1. The minimum atomic E-state index is -0.715. The molecule has 1 aliphatic rings. The van der Waals surface area contributed by atoms with Crippen molar-refractivity contribution in [3.8, 4) is 0 Å². The van der Waals surface area contributed by atoms with E-state index in [0.29, 0.717) is 0 Å². The SMILES string of the molecule is C[C@@H]1C(=O)O[C@H](CO)[C@@H]1C[N+](=O)[O-]. The zero-order valence-corrected chi connectivity index (χ0v) is 7.17. The van der Waals surface area contributed by atoms with Gasteiger partial charge in [0.15, 0.2) is 0 Å². The van der Waals surface area contributed by atoms with Gasteiger partial charge in [-0.05, 0) is 0 Å². The molecule has 1 heterocycles. The van der Waals surface area contributed by atoms with E-state index in [2.05, 4.69) is 0 Å². The largest absolute Gasteiger partial charge is 0.459 e. The van der Waals surface area contributed by atoms with Gasteiger partial charge >= 0.3 is 5.97 Å². The van der Waals surface area contributed by atoms with Crippen LogP contribution in [-0.4, -0.2) is 35.3 Å². The Morgan fingerprint density at radius 1 is 1.69 bits per heavy atom. The van der Waals surface area contributed by atoms with Crippen LogP contribution in [0.5, 0.6) is 0 Å². The number of carbonyl (C=O) groups is 1. The number of ether oxygens (including phenoxy) is 1. The van der Waals surface area contributed by atoms with Crippen molar-refractivity contribution in [3.63, 3.8) is 0 Å². The summed E-state index contributed by atoms with van der Waals surface area (Å²) >= 11 is 0. The van der Waals surface area contributed by atoms with Crippen LogP contribution in [0.4, 0.5) is 0 Å². The summed E-state index contributed by atoms with van der Waals surface area (Å²) < 4.78 is 4.74. The van der Waals surface area contributed by atoms with Crippen LogP contribution in [0.25, 0.3) is 0 Å². The van der Waals surface area contributed by atoms with Crippen molar-refractivity contribution in [1.82, 2.24) is 0 Å². The van der Waals surface area contributed by atoms with Gasteiger partial charge in [-0.2, -0.15) is 0 Å². The Morgan fingerprint density at radius 2 is 2.31 bits per heavy atom. The number of esters is 1. The maximum Gasteiger partial charge on any atom is 0.309 e. The molecule has 0 aliphatic carbocycles. The van der Waals surface area contributed by atoms with Gasteiger partial charge in [-0.15, -0.1) is 0 Å². The van der Waals surface area contributed by atoms with E-state index in [4.69, 9.17) is 9.84 Å². The molecule has 74 valence electrons. The molecule has 1 rings (SSSR count). The van der Waals surface area contributed by atoms with Gasteiger partial charge in [-0.3, -0.25) is 14.9 Å². The lowest BCUT2D eigenvalue weighted by molar-refractivity contribution is -0.490. The summed E-state index contributed by atoms with van der Waals surface area (Å²) in [5, 5.41) is 19.0. The average molecular weight is 189 g/mol. The number of rotatable bonds is 3. The van der Waals surface area contributed by atoms with Gasteiger partial charge in [0.2, 0.25) is 6.54 Å². The third-order valence-electron chi connectivity index (χ3n) is 2.30. The first kappa shape index (κ1) is 9.91. The smallest absolute Gasteiger partial charge is 0.309 e. The molecule has 0 saturated carbocycles. The Balaban J connectivity index is 2.67. The minimum Gasteiger partial charge on any atom is -0.459 e. The van der Waals surface area contributed by atoms with E-state index < -0.39 is 28.8 Å². The van der Waals surface area contributed by atoms with Crippen molar-refractivity contribution in [2.75, 3.05) is 13.2 Å². The molecule has 1 N–H and O–H groups in total. The molecule has 0 aromatic rings. The van der Waals surface area contributed by atoms with E-state index in [1.54, 1.807) is 6.92 Å². The zero-order chi connectivity index (χ0) is 10.0. The van der Waals surface area contributed by atoms with Crippen LogP contribution in [0.15, 0.2) is 0 Å². The molecule has 0 bridgehead atoms. The lowest BCUT2D eigenvalue weighted by atomic mass is 9.92. The molecule has 0 amide bonds. The van der Waals surface area contributed by atoms with Gasteiger partial charge in [0.25, 0.3) is 0 Å². The minimum absolute atomic E-state index is 0.335. The quantitative estimate of drug-likeness (QED) is 0.365. The zero-order valence-electron chi connectivity index (χ0n) is 7.17. The Bertz CT molecular complexity index is 229. The molecule has 6 heteroatoms. The Kier molecular flexibility index (Phi) is 2.82. The first-order chi connectivity index (χ1) is 6.06. The lowest BCUT2D eigenvalue weighted by Crippen LogP contribution is -2.29. The third kappa shape index (κ3) is 1.95. The molecule has 1 saturated heterocycles. The summed E-state index contributed by atoms with van der Waals surface area (Å²) in [7, 11) is 0. The molecule has 1 aliphatic heterocycles. The van der Waals surface area contributed by atoms with E-state index in [-0.39, 0.29) is 13.2 Å². The van der Waals surface area contributed by atoms with Gasteiger partial charge < -0.3 is 9.84 Å². The van der Waals surface area contributed by atoms with Crippen molar-refractivity contribution >= 4 is 5.97 Å². The summed E-state index contributed by atoms with van der Waals surface area (Å²) in [6.45, 7) is 0.888. The van der Waals surface area contributed by atoms with Crippen molar-refractivity contribution in [1.29, 1.82) is 0 Å². The lowest BCUT2D eigenvalue weighted by Gasteiger charge is -2.12. The number of carbonyl (C=O) groups excluding carboxylic acids is 1. The molecule has 6 nitrogen and oxygen atoms in total. The monoisotopic (exact) mass is 189 g/mol. The highest BCUT2D eigenvalue weighted by Gasteiger charge is 2.44. The summed E-state index contributed by atoms with van der Waals surface area (Å²) in [4.78, 5) is 20.7. The van der Waals surface area contributed by atoms with E-state index in [0.717, 1.165) is 0 Å². The van der Waals surface area contributed by atoms with E-state index in [1.807, 2.05) is 0 Å². The average Bonchev–Trinajstić information content (AvgIpc) is 2.31. The second kappa shape index (κ2) is 3.69. The second-order valence-electron chi connectivity index (χ2n) is 3.13. The summed E-state index contributed by atoms with van der Waals surface area (Å²) in [5.74, 6) is -1.47. The van der Waals surface area contributed by atoms with Crippen molar-refractivity contribution in [3.05, 3.63) is 10.1 Å². The highest BCUT2D eigenvalue weighted by molar-refractivity contribution is 5.74. The van der Waals surface area contributed by atoms with Crippen LogP contribution in [0, 0.1) is 22.0 Å².